The van der Waals surface area contributed by atoms with Crippen molar-refractivity contribution in [3.8, 4) is 11.5 Å². The molecule has 10 nitrogen and oxygen atoms in total. The van der Waals surface area contributed by atoms with E-state index in [1.807, 2.05) is 0 Å². The van der Waals surface area contributed by atoms with E-state index in [1.165, 1.54) is 6.07 Å². The predicted octanol–water partition coefficient (Wildman–Crippen LogP) is 3.70. The van der Waals surface area contributed by atoms with E-state index in [1.54, 1.807) is 12.1 Å². The van der Waals surface area contributed by atoms with Crippen LogP contribution < -0.4 is 14.9 Å². The van der Waals surface area contributed by atoms with Crippen molar-refractivity contribution in [1.82, 2.24) is 0 Å². The first-order valence-electron chi connectivity index (χ1n) is 7.39. The van der Waals surface area contributed by atoms with Crippen LogP contribution in [0.2, 0.25) is 0 Å². The molecule has 1 aliphatic heterocycles. The number of nitrogens with zero attached hydrogens (tertiary/aromatic N) is 3. The number of anilines is 1. The summed E-state index contributed by atoms with van der Waals surface area (Å²) in [6, 6.07) is 5.07. The van der Waals surface area contributed by atoms with Gasteiger partial charge in [-0.25, -0.2) is 0 Å². The summed E-state index contributed by atoms with van der Waals surface area (Å²) in [4.78, 5) is 19.9. The summed E-state index contributed by atoms with van der Waals surface area (Å²) in [6.45, 7) is 0.0398. The molecule has 1 heterocycles. The minimum absolute atomic E-state index is 0.0398. The molecule has 0 fully saturated rings. The summed E-state index contributed by atoms with van der Waals surface area (Å²) >= 11 is 0. The van der Waals surface area contributed by atoms with Crippen molar-refractivity contribution >= 4 is 23.3 Å². The van der Waals surface area contributed by atoms with E-state index >= 15 is 0 Å². The Kier molecular flexibility index (Phi) is 4.73. The first kappa shape index (κ1) is 18.9. The van der Waals surface area contributed by atoms with Crippen LogP contribution in [0.25, 0.3) is 0 Å². The van der Waals surface area contributed by atoms with Crippen molar-refractivity contribution in [2.75, 3.05) is 12.2 Å². The van der Waals surface area contributed by atoms with E-state index < -0.39 is 38.6 Å². The van der Waals surface area contributed by atoms with Gasteiger partial charge in [-0.15, -0.1) is 0 Å². The van der Waals surface area contributed by atoms with Crippen molar-refractivity contribution in [3.05, 3.63) is 61.7 Å². The second-order valence-electron chi connectivity index (χ2n) is 5.38. The van der Waals surface area contributed by atoms with E-state index in [2.05, 4.69) is 10.5 Å². The quantitative estimate of drug-likeness (QED) is 0.462. The highest BCUT2D eigenvalue weighted by Crippen LogP contribution is 2.41. The number of hydrazone groups is 1. The Hall–Kier alpha value is -3.90. The van der Waals surface area contributed by atoms with E-state index in [-0.39, 0.29) is 18.9 Å². The Bertz CT molecular complexity index is 957. The van der Waals surface area contributed by atoms with Gasteiger partial charge in [0.1, 0.15) is 0 Å². The second-order valence-corrected chi connectivity index (χ2v) is 5.38. The Morgan fingerprint density at radius 1 is 1.04 bits per heavy atom. The van der Waals surface area contributed by atoms with Crippen LogP contribution in [0.15, 0.2) is 35.4 Å². The van der Waals surface area contributed by atoms with Crippen LogP contribution in [0.5, 0.6) is 11.5 Å². The van der Waals surface area contributed by atoms with E-state index in [4.69, 9.17) is 9.47 Å². The van der Waals surface area contributed by atoms with Gasteiger partial charge >= 0.3 is 17.6 Å². The molecule has 0 unspecified atom stereocenters. The third kappa shape index (κ3) is 3.77. The number of ether oxygens (including phenoxy) is 2. The summed E-state index contributed by atoms with van der Waals surface area (Å²) in [5.41, 5.74) is -2.03. The molecule has 0 aromatic heterocycles. The van der Waals surface area contributed by atoms with E-state index in [9.17, 15) is 33.4 Å². The molecule has 0 radical (unpaired) electrons. The molecule has 2 aromatic carbocycles. The van der Waals surface area contributed by atoms with Crippen molar-refractivity contribution in [1.29, 1.82) is 0 Å². The molecular weight excluding hydrogens is 389 g/mol. The zero-order chi connectivity index (χ0) is 20.5. The molecule has 13 heteroatoms. The van der Waals surface area contributed by atoms with Gasteiger partial charge in [0.25, 0.3) is 0 Å². The number of rotatable bonds is 5. The molecule has 0 atom stereocenters. The lowest BCUT2D eigenvalue weighted by Crippen LogP contribution is -2.09. The molecule has 0 saturated carbocycles. The number of alkyl halides is 3. The van der Waals surface area contributed by atoms with Crippen LogP contribution in [0, 0.1) is 20.2 Å². The molecule has 146 valence electrons. The van der Waals surface area contributed by atoms with Gasteiger partial charge < -0.3 is 9.47 Å². The summed E-state index contributed by atoms with van der Waals surface area (Å²) < 4.78 is 48.9. The molecule has 3 rings (SSSR count). The Labute approximate surface area is 153 Å². The zero-order valence-electron chi connectivity index (χ0n) is 13.6. The molecule has 0 saturated heterocycles. The average molecular weight is 398 g/mol. The van der Waals surface area contributed by atoms with Gasteiger partial charge in [-0.2, -0.15) is 18.3 Å². The first-order chi connectivity index (χ1) is 13.2. The topological polar surface area (TPSA) is 129 Å². The lowest BCUT2D eigenvalue weighted by molar-refractivity contribution is -0.392. The minimum Gasteiger partial charge on any atom is -0.454 e. The first-order valence-corrected chi connectivity index (χ1v) is 7.39. The van der Waals surface area contributed by atoms with E-state index in [0.29, 0.717) is 17.1 Å². The standard InChI is InChI=1S/C15H9F3N4O6/c16-15(17,18)9-4-10(21(23)24)14(11(5-9)22(25)26)20-19-6-8-1-2-12-13(3-8)28-7-27-12/h1-6,20H,7H2. The maximum atomic E-state index is 12.9. The van der Waals surface area contributed by atoms with Gasteiger partial charge in [0, 0.05) is 12.1 Å². The second kappa shape index (κ2) is 7.02. The van der Waals surface area contributed by atoms with Crippen molar-refractivity contribution in [2.24, 2.45) is 5.10 Å². The Balaban J connectivity index is 1.96. The lowest BCUT2D eigenvalue weighted by Gasteiger charge is -2.09. The monoisotopic (exact) mass is 398 g/mol. The molecule has 28 heavy (non-hydrogen) atoms. The minimum atomic E-state index is -5.00. The third-order valence-corrected chi connectivity index (χ3v) is 3.60. The number of hydrogen-bond acceptors (Lipinski definition) is 8. The van der Waals surface area contributed by atoms with Gasteiger partial charge in [0.05, 0.1) is 21.6 Å². The van der Waals surface area contributed by atoms with Gasteiger partial charge in [0.2, 0.25) is 12.5 Å². The SMILES string of the molecule is O=[N+]([O-])c1cc(C(F)(F)F)cc([N+](=O)[O-])c1NN=Cc1ccc2c(c1)OCO2. The molecule has 0 spiro atoms. The van der Waals surface area contributed by atoms with Gasteiger partial charge in [0.15, 0.2) is 11.5 Å². The molecule has 1 aliphatic rings. The maximum Gasteiger partial charge on any atom is 0.416 e. The highest BCUT2D eigenvalue weighted by molar-refractivity contribution is 5.83. The summed E-state index contributed by atoms with van der Waals surface area (Å²) in [5.74, 6) is 0.926. The highest BCUT2D eigenvalue weighted by atomic mass is 19.4. The number of fused-ring (bicyclic) bond motifs is 1. The van der Waals surface area contributed by atoms with Crippen LogP contribution in [0.3, 0.4) is 0 Å². The smallest absolute Gasteiger partial charge is 0.416 e. The van der Waals surface area contributed by atoms with Crippen LogP contribution in [-0.2, 0) is 6.18 Å². The van der Waals surface area contributed by atoms with Crippen LogP contribution in [0.1, 0.15) is 11.1 Å². The average Bonchev–Trinajstić information content (AvgIpc) is 3.08. The fourth-order valence-corrected chi connectivity index (χ4v) is 2.34. The highest BCUT2D eigenvalue weighted by Gasteiger charge is 2.37. The number of hydrogen-bond donors (Lipinski definition) is 1. The van der Waals surface area contributed by atoms with Crippen LogP contribution >= 0.6 is 0 Å². The fraction of sp³-hybridized carbons (Fsp3) is 0.133. The van der Waals surface area contributed by atoms with Gasteiger partial charge in [-0.3, -0.25) is 25.7 Å². The van der Waals surface area contributed by atoms with Crippen LogP contribution in [-0.4, -0.2) is 22.9 Å². The number of nitro groups is 2. The molecule has 0 bridgehead atoms. The Morgan fingerprint density at radius 2 is 1.64 bits per heavy atom. The molecule has 1 N–H and O–H groups in total. The number of benzene rings is 2. The normalized spacial score (nSPS) is 13.0. The fourth-order valence-electron chi connectivity index (χ4n) is 2.34. The predicted molar refractivity (Wildman–Crippen MR) is 88.5 cm³/mol. The van der Waals surface area contributed by atoms with Gasteiger partial charge in [-0.05, 0) is 23.8 Å². The van der Waals surface area contributed by atoms with Gasteiger partial charge in [-0.1, -0.05) is 0 Å². The molecular formula is C15H9F3N4O6. The number of nitro benzene ring substituents is 2. The van der Waals surface area contributed by atoms with E-state index in [0.717, 1.165) is 6.21 Å². The van der Waals surface area contributed by atoms with Crippen molar-refractivity contribution < 1.29 is 32.5 Å². The lowest BCUT2D eigenvalue weighted by atomic mass is 10.1. The molecule has 2 aromatic rings. The summed E-state index contributed by atoms with van der Waals surface area (Å²) in [6.07, 6.45) is -3.84. The zero-order valence-corrected chi connectivity index (χ0v) is 13.6. The third-order valence-electron chi connectivity index (χ3n) is 3.60. The van der Waals surface area contributed by atoms with Crippen molar-refractivity contribution in [3.63, 3.8) is 0 Å². The summed E-state index contributed by atoms with van der Waals surface area (Å²) in [5, 5.41) is 25.9. The largest absolute Gasteiger partial charge is 0.454 e. The van der Waals surface area contributed by atoms with Crippen molar-refractivity contribution in [2.45, 2.75) is 6.18 Å². The number of halogens is 3. The molecule has 0 amide bonds. The number of nitrogens with one attached hydrogen (secondary N) is 1. The maximum absolute atomic E-state index is 12.9. The molecule has 0 aliphatic carbocycles. The van der Waals surface area contributed by atoms with Crippen LogP contribution in [0.4, 0.5) is 30.2 Å². The Morgan fingerprint density at radius 3 is 2.21 bits per heavy atom. The summed E-state index contributed by atoms with van der Waals surface area (Å²) in [7, 11) is 0.